The van der Waals surface area contributed by atoms with E-state index in [9.17, 15) is 4.79 Å². The molecule has 8 heteroatoms. The van der Waals surface area contributed by atoms with Gasteiger partial charge in [0.25, 0.3) is 0 Å². The molecule has 2 heterocycles. The number of aromatic nitrogens is 1. The van der Waals surface area contributed by atoms with Gasteiger partial charge in [0.05, 0.1) is 19.3 Å². The summed E-state index contributed by atoms with van der Waals surface area (Å²) in [5.74, 6) is 1.50. The number of aryl methyl sites for hydroxylation is 1. The van der Waals surface area contributed by atoms with Crippen LogP contribution in [0.3, 0.4) is 0 Å². The molecule has 0 atom stereocenters. The number of nitrogens with zero attached hydrogens (tertiary/aromatic N) is 3. The van der Waals surface area contributed by atoms with E-state index in [0.29, 0.717) is 19.6 Å². The number of hydrogen-bond acceptors (Lipinski definition) is 5. The predicted octanol–water partition coefficient (Wildman–Crippen LogP) is 1.13. The van der Waals surface area contributed by atoms with Crippen LogP contribution in [0, 0.1) is 0 Å². The van der Waals surface area contributed by atoms with E-state index in [1.807, 2.05) is 13.0 Å². The normalized spacial score (nSPS) is 16.3. The topological polar surface area (TPSA) is 92.0 Å². The van der Waals surface area contributed by atoms with Gasteiger partial charge in [-0.3, -0.25) is 4.99 Å². The number of carbonyl (C=O) groups excluding carboxylic acids is 1. The van der Waals surface area contributed by atoms with Crippen molar-refractivity contribution in [2.75, 3.05) is 27.2 Å². The summed E-state index contributed by atoms with van der Waals surface area (Å²) >= 11 is 0. The van der Waals surface area contributed by atoms with E-state index >= 15 is 0 Å². The van der Waals surface area contributed by atoms with Crippen LogP contribution in [-0.2, 0) is 17.7 Å². The minimum atomic E-state index is -0.261. The summed E-state index contributed by atoms with van der Waals surface area (Å²) in [6, 6.07) is 2.22. The first-order valence-electron chi connectivity index (χ1n) is 7.90. The van der Waals surface area contributed by atoms with Gasteiger partial charge in [0, 0.05) is 32.2 Å². The molecule has 0 unspecified atom stereocenters. The van der Waals surface area contributed by atoms with Crippen LogP contribution in [0.2, 0.25) is 0 Å². The van der Waals surface area contributed by atoms with Crippen molar-refractivity contribution in [3.63, 3.8) is 0 Å². The molecule has 0 saturated carbocycles. The number of methoxy groups -OCH3 is 1. The largest absolute Gasteiger partial charge is 0.453 e. The van der Waals surface area contributed by atoms with Crippen LogP contribution in [0.15, 0.2) is 15.6 Å². The van der Waals surface area contributed by atoms with E-state index in [4.69, 9.17) is 9.26 Å². The van der Waals surface area contributed by atoms with Crippen LogP contribution in [0.25, 0.3) is 0 Å². The molecule has 0 aromatic carbocycles. The third kappa shape index (κ3) is 4.87. The average Bonchev–Trinajstić information content (AvgIpc) is 3.06. The lowest BCUT2D eigenvalue weighted by Gasteiger charge is -2.32. The molecule has 1 amide bonds. The van der Waals surface area contributed by atoms with Crippen molar-refractivity contribution in [1.29, 1.82) is 0 Å². The summed E-state index contributed by atoms with van der Waals surface area (Å²) in [5, 5.41) is 10.6. The van der Waals surface area contributed by atoms with Crippen LogP contribution in [0.4, 0.5) is 4.79 Å². The maximum absolute atomic E-state index is 11.5. The summed E-state index contributed by atoms with van der Waals surface area (Å²) in [5.41, 5.74) is 0.944. The molecule has 2 N–H and O–H groups in total. The summed E-state index contributed by atoms with van der Waals surface area (Å²) in [7, 11) is 3.14. The van der Waals surface area contributed by atoms with Gasteiger partial charge in [-0.2, -0.15) is 0 Å². The molecular formula is C15H25N5O3. The average molecular weight is 323 g/mol. The second-order valence-corrected chi connectivity index (χ2v) is 5.44. The SMILES string of the molecule is CCc1cc(CNC(=NC)NC2CCN(C(=O)OC)CC2)on1. The Morgan fingerprint density at radius 3 is 2.83 bits per heavy atom. The zero-order valence-corrected chi connectivity index (χ0v) is 14.0. The second kappa shape index (κ2) is 8.40. The van der Waals surface area contributed by atoms with E-state index in [1.165, 1.54) is 7.11 Å². The summed E-state index contributed by atoms with van der Waals surface area (Å²) < 4.78 is 9.98. The van der Waals surface area contributed by atoms with Crippen LogP contribution >= 0.6 is 0 Å². The van der Waals surface area contributed by atoms with Crippen molar-refractivity contribution in [1.82, 2.24) is 20.7 Å². The molecule has 1 aromatic rings. The highest BCUT2D eigenvalue weighted by molar-refractivity contribution is 5.79. The first-order chi connectivity index (χ1) is 11.2. The number of rotatable bonds is 4. The molecule has 0 bridgehead atoms. The van der Waals surface area contributed by atoms with E-state index < -0.39 is 0 Å². The maximum Gasteiger partial charge on any atom is 0.409 e. The Bertz CT molecular complexity index is 535. The van der Waals surface area contributed by atoms with Gasteiger partial charge >= 0.3 is 6.09 Å². The van der Waals surface area contributed by atoms with E-state index in [0.717, 1.165) is 36.7 Å². The molecule has 1 fully saturated rings. The smallest absolute Gasteiger partial charge is 0.409 e. The van der Waals surface area contributed by atoms with Gasteiger partial charge in [0.1, 0.15) is 0 Å². The fourth-order valence-electron chi connectivity index (χ4n) is 2.50. The number of likely N-dealkylation sites (tertiary alicyclic amines) is 1. The van der Waals surface area contributed by atoms with Crippen molar-refractivity contribution >= 4 is 12.1 Å². The third-order valence-electron chi connectivity index (χ3n) is 3.89. The lowest BCUT2D eigenvalue weighted by molar-refractivity contribution is 0.111. The van der Waals surface area contributed by atoms with Gasteiger partial charge in [-0.05, 0) is 19.3 Å². The number of piperidine rings is 1. The second-order valence-electron chi connectivity index (χ2n) is 5.44. The van der Waals surface area contributed by atoms with Crippen LogP contribution in [0.5, 0.6) is 0 Å². The number of carbonyl (C=O) groups is 1. The standard InChI is InChI=1S/C15H25N5O3/c1-4-11-9-13(23-19-11)10-17-14(16-2)18-12-5-7-20(8-6-12)15(21)22-3/h9,12H,4-8,10H2,1-3H3,(H2,16,17,18). The Labute approximate surface area is 136 Å². The summed E-state index contributed by atoms with van der Waals surface area (Å²) in [6.07, 6.45) is 2.31. The summed E-state index contributed by atoms with van der Waals surface area (Å²) in [4.78, 5) is 17.4. The van der Waals surface area contributed by atoms with Gasteiger partial charge in [0.2, 0.25) is 0 Å². The lowest BCUT2D eigenvalue weighted by Crippen LogP contribution is -2.49. The lowest BCUT2D eigenvalue weighted by atomic mass is 10.1. The molecule has 128 valence electrons. The Kier molecular flexibility index (Phi) is 6.25. The monoisotopic (exact) mass is 323 g/mol. The van der Waals surface area contributed by atoms with Gasteiger partial charge in [-0.25, -0.2) is 4.79 Å². The molecule has 1 saturated heterocycles. The first-order valence-corrected chi connectivity index (χ1v) is 7.90. The third-order valence-corrected chi connectivity index (χ3v) is 3.89. The Balaban J connectivity index is 1.76. The predicted molar refractivity (Wildman–Crippen MR) is 86.2 cm³/mol. The van der Waals surface area contributed by atoms with Crippen LogP contribution < -0.4 is 10.6 Å². The van der Waals surface area contributed by atoms with Crippen molar-refractivity contribution in [2.24, 2.45) is 4.99 Å². The number of aliphatic imine (C=N–C) groups is 1. The molecule has 2 rings (SSSR count). The highest BCUT2D eigenvalue weighted by Gasteiger charge is 2.23. The van der Waals surface area contributed by atoms with Gasteiger partial charge in [0.15, 0.2) is 11.7 Å². The minimum absolute atomic E-state index is 0.261. The van der Waals surface area contributed by atoms with Crippen LogP contribution in [0.1, 0.15) is 31.2 Å². The molecule has 0 radical (unpaired) electrons. The number of ether oxygens (including phenoxy) is 1. The molecule has 23 heavy (non-hydrogen) atoms. The fraction of sp³-hybridized carbons (Fsp3) is 0.667. The van der Waals surface area contributed by atoms with Gasteiger partial charge < -0.3 is 24.8 Å². The van der Waals surface area contributed by atoms with Gasteiger partial charge in [-0.15, -0.1) is 0 Å². The molecule has 1 aliphatic heterocycles. The van der Waals surface area contributed by atoms with Crippen molar-refractivity contribution < 1.29 is 14.1 Å². The van der Waals surface area contributed by atoms with E-state index in [2.05, 4.69) is 20.8 Å². The Hall–Kier alpha value is -2.25. The molecular weight excluding hydrogens is 298 g/mol. The molecule has 8 nitrogen and oxygen atoms in total. The van der Waals surface area contributed by atoms with E-state index in [1.54, 1.807) is 11.9 Å². The number of hydrogen-bond donors (Lipinski definition) is 2. The van der Waals surface area contributed by atoms with Crippen molar-refractivity contribution in [3.05, 3.63) is 17.5 Å². The summed E-state index contributed by atoms with van der Waals surface area (Å²) in [6.45, 7) is 3.94. The van der Waals surface area contributed by atoms with Crippen molar-refractivity contribution in [3.8, 4) is 0 Å². The van der Waals surface area contributed by atoms with E-state index in [-0.39, 0.29) is 12.1 Å². The Morgan fingerprint density at radius 2 is 2.26 bits per heavy atom. The first kappa shape index (κ1) is 17.1. The molecule has 0 aliphatic carbocycles. The van der Waals surface area contributed by atoms with Crippen molar-refractivity contribution in [2.45, 2.75) is 38.8 Å². The highest BCUT2D eigenvalue weighted by atomic mass is 16.5. The number of amides is 1. The minimum Gasteiger partial charge on any atom is -0.453 e. The zero-order valence-electron chi connectivity index (χ0n) is 14.0. The fourth-order valence-corrected chi connectivity index (χ4v) is 2.50. The molecule has 1 aromatic heterocycles. The number of nitrogens with one attached hydrogen (secondary N) is 2. The molecule has 0 spiro atoms. The van der Waals surface area contributed by atoms with Crippen LogP contribution in [-0.4, -0.2) is 55.4 Å². The highest BCUT2D eigenvalue weighted by Crippen LogP contribution is 2.11. The maximum atomic E-state index is 11.5. The zero-order chi connectivity index (χ0) is 16.7. The molecule has 1 aliphatic rings. The number of guanidine groups is 1. The Morgan fingerprint density at radius 1 is 1.52 bits per heavy atom. The van der Waals surface area contributed by atoms with Gasteiger partial charge in [-0.1, -0.05) is 12.1 Å². The quantitative estimate of drug-likeness (QED) is 0.637.